The molecule has 1 heterocycles. The number of amides is 3. The van der Waals surface area contributed by atoms with E-state index < -0.39 is 11.8 Å². The molecule has 2 N–H and O–H groups in total. The first-order chi connectivity index (χ1) is 11.4. The highest BCUT2D eigenvalue weighted by Crippen LogP contribution is 2.14. The molecule has 130 valence electrons. The number of nitrogens with zero attached hydrogens (tertiary/aromatic N) is 2. The number of carbonyl (C=O) groups excluding carboxylic acids is 3. The third kappa shape index (κ3) is 4.53. The standard InChI is InChI=1S/C17H22FN3O3/c1-12(22)20-8-9-21(11-14(10-20)17(19)24)16(23)7-6-13-4-2-3-5-15(13)18/h2-5,14H,6-11H2,1H3,(H2,19,24). The Morgan fingerprint density at radius 1 is 1.17 bits per heavy atom. The molecule has 1 saturated heterocycles. The predicted octanol–water partition coefficient (Wildman–Crippen LogP) is 0.551. The van der Waals surface area contributed by atoms with Gasteiger partial charge in [-0.2, -0.15) is 0 Å². The number of rotatable bonds is 4. The summed E-state index contributed by atoms with van der Waals surface area (Å²) < 4.78 is 13.6. The molecule has 1 aromatic rings. The zero-order chi connectivity index (χ0) is 17.7. The van der Waals surface area contributed by atoms with Gasteiger partial charge < -0.3 is 15.5 Å². The van der Waals surface area contributed by atoms with Gasteiger partial charge in [-0.3, -0.25) is 14.4 Å². The van der Waals surface area contributed by atoms with E-state index in [1.54, 1.807) is 23.1 Å². The molecule has 1 unspecified atom stereocenters. The first kappa shape index (κ1) is 17.9. The lowest BCUT2D eigenvalue weighted by Crippen LogP contribution is -2.41. The van der Waals surface area contributed by atoms with E-state index in [-0.39, 0.29) is 37.1 Å². The molecule has 2 rings (SSSR count). The smallest absolute Gasteiger partial charge is 0.224 e. The topological polar surface area (TPSA) is 83.7 Å². The molecule has 7 heteroatoms. The number of carbonyl (C=O) groups is 3. The van der Waals surface area contributed by atoms with Crippen molar-refractivity contribution in [3.63, 3.8) is 0 Å². The Balaban J connectivity index is 2.01. The van der Waals surface area contributed by atoms with Crippen LogP contribution < -0.4 is 5.73 Å². The van der Waals surface area contributed by atoms with E-state index in [1.807, 2.05) is 0 Å². The van der Waals surface area contributed by atoms with Crippen molar-refractivity contribution in [1.82, 2.24) is 9.80 Å². The van der Waals surface area contributed by atoms with Gasteiger partial charge in [0.25, 0.3) is 0 Å². The molecule has 6 nitrogen and oxygen atoms in total. The second-order valence-electron chi connectivity index (χ2n) is 6.00. The van der Waals surface area contributed by atoms with Gasteiger partial charge in [0.2, 0.25) is 17.7 Å². The van der Waals surface area contributed by atoms with E-state index in [9.17, 15) is 18.8 Å². The highest BCUT2D eigenvalue weighted by atomic mass is 19.1. The van der Waals surface area contributed by atoms with Gasteiger partial charge in [-0.15, -0.1) is 0 Å². The summed E-state index contributed by atoms with van der Waals surface area (Å²) in [4.78, 5) is 38.6. The Kier molecular flexibility index (Phi) is 5.89. The van der Waals surface area contributed by atoms with Gasteiger partial charge in [-0.25, -0.2) is 4.39 Å². The Morgan fingerprint density at radius 3 is 2.42 bits per heavy atom. The largest absolute Gasteiger partial charge is 0.369 e. The molecular formula is C17H22FN3O3. The van der Waals surface area contributed by atoms with Crippen LogP contribution in [0.15, 0.2) is 24.3 Å². The molecule has 1 aromatic carbocycles. The van der Waals surface area contributed by atoms with Crippen LogP contribution in [0.3, 0.4) is 0 Å². The van der Waals surface area contributed by atoms with Crippen molar-refractivity contribution < 1.29 is 18.8 Å². The first-order valence-corrected chi connectivity index (χ1v) is 7.94. The highest BCUT2D eigenvalue weighted by Gasteiger charge is 2.29. The normalized spacial score (nSPS) is 18.2. The molecule has 0 radical (unpaired) electrons. The fourth-order valence-electron chi connectivity index (χ4n) is 2.81. The molecular weight excluding hydrogens is 313 g/mol. The summed E-state index contributed by atoms with van der Waals surface area (Å²) in [6.07, 6.45) is 0.437. The van der Waals surface area contributed by atoms with Gasteiger partial charge >= 0.3 is 0 Å². The number of aryl methyl sites for hydroxylation is 1. The number of hydrogen-bond donors (Lipinski definition) is 1. The van der Waals surface area contributed by atoms with Crippen LogP contribution in [0, 0.1) is 11.7 Å². The van der Waals surface area contributed by atoms with Crippen LogP contribution >= 0.6 is 0 Å². The molecule has 24 heavy (non-hydrogen) atoms. The van der Waals surface area contributed by atoms with Crippen molar-refractivity contribution in [1.29, 1.82) is 0 Å². The number of benzene rings is 1. The maximum atomic E-state index is 13.6. The lowest BCUT2D eigenvalue weighted by atomic mass is 10.1. The minimum absolute atomic E-state index is 0.145. The monoisotopic (exact) mass is 335 g/mol. The molecule has 3 amide bonds. The fourth-order valence-corrected chi connectivity index (χ4v) is 2.81. The maximum absolute atomic E-state index is 13.6. The van der Waals surface area contributed by atoms with Crippen LogP contribution in [0.25, 0.3) is 0 Å². The van der Waals surface area contributed by atoms with Crippen LogP contribution in [0.4, 0.5) is 4.39 Å². The lowest BCUT2D eigenvalue weighted by molar-refractivity contribution is -0.132. The van der Waals surface area contributed by atoms with Gasteiger partial charge in [0.05, 0.1) is 5.92 Å². The van der Waals surface area contributed by atoms with Crippen molar-refractivity contribution in [2.45, 2.75) is 19.8 Å². The molecule has 1 atom stereocenters. The molecule has 0 saturated carbocycles. The SMILES string of the molecule is CC(=O)N1CCN(C(=O)CCc2ccccc2F)CC(C(N)=O)C1. The Morgan fingerprint density at radius 2 is 1.79 bits per heavy atom. The van der Waals surface area contributed by atoms with Crippen LogP contribution in [-0.2, 0) is 20.8 Å². The van der Waals surface area contributed by atoms with Crippen molar-refractivity contribution in [3.8, 4) is 0 Å². The van der Waals surface area contributed by atoms with Crippen molar-refractivity contribution in [3.05, 3.63) is 35.6 Å². The summed E-state index contributed by atoms with van der Waals surface area (Å²) in [5.41, 5.74) is 5.87. The number of hydrogen-bond acceptors (Lipinski definition) is 3. The van der Waals surface area contributed by atoms with Crippen molar-refractivity contribution in [2.24, 2.45) is 11.7 Å². The molecule has 0 aromatic heterocycles. The summed E-state index contributed by atoms with van der Waals surface area (Å²) in [6, 6.07) is 6.33. The highest BCUT2D eigenvalue weighted by molar-refractivity contribution is 5.81. The molecule has 0 aliphatic carbocycles. The minimum Gasteiger partial charge on any atom is -0.369 e. The third-order valence-corrected chi connectivity index (χ3v) is 4.29. The number of primary amides is 1. The predicted molar refractivity (Wildman–Crippen MR) is 86.2 cm³/mol. The van der Waals surface area contributed by atoms with Gasteiger partial charge in [0, 0.05) is 39.5 Å². The zero-order valence-electron chi connectivity index (χ0n) is 13.7. The van der Waals surface area contributed by atoms with Crippen LogP contribution in [-0.4, -0.2) is 53.7 Å². The second kappa shape index (κ2) is 7.90. The van der Waals surface area contributed by atoms with Crippen LogP contribution in [0.1, 0.15) is 18.9 Å². The Bertz CT molecular complexity index is 635. The van der Waals surface area contributed by atoms with E-state index in [0.29, 0.717) is 25.1 Å². The maximum Gasteiger partial charge on any atom is 0.224 e. The van der Waals surface area contributed by atoms with Crippen LogP contribution in [0.5, 0.6) is 0 Å². The zero-order valence-corrected chi connectivity index (χ0v) is 13.7. The van der Waals surface area contributed by atoms with E-state index in [4.69, 9.17) is 5.73 Å². The molecule has 1 aliphatic rings. The van der Waals surface area contributed by atoms with Crippen molar-refractivity contribution >= 4 is 17.7 Å². The lowest BCUT2D eigenvalue weighted by Gasteiger charge is -2.22. The quantitative estimate of drug-likeness (QED) is 0.872. The Labute approximate surface area is 140 Å². The van der Waals surface area contributed by atoms with E-state index in [2.05, 4.69) is 0 Å². The van der Waals surface area contributed by atoms with Gasteiger partial charge in [-0.05, 0) is 18.1 Å². The van der Waals surface area contributed by atoms with E-state index in [1.165, 1.54) is 17.9 Å². The fraction of sp³-hybridized carbons (Fsp3) is 0.471. The number of nitrogens with two attached hydrogens (primary N) is 1. The van der Waals surface area contributed by atoms with Gasteiger partial charge in [0.15, 0.2) is 0 Å². The molecule has 0 spiro atoms. The van der Waals surface area contributed by atoms with E-state index in [0.717, 1.165) is 0 Å². The average molecular weight is 335 g/mol. The summed E-state index contributed by atoms with van der Waals surface area (Å²) >= 11 is 0. The summed E-state index contributed by atoms with van der Waals surface area (Å²) in [6.45, 7) is 2.55. The third-order valence-electron chi connectivity index (χ3n) is 4.29. The average Bonchev–Trinajstić information content (AvgIpc) is 2.77. The summed E-state index contributed by atoms with van der Waals surface area (Å²) in [5, 5.41) is 0. The van der Waals surface area contributed by atoms with Crippen LogP contribution in [0.2, 0.25) is 0 Å². The molecule has 1 aliphatic heterocycles. The summed E-state index contributed by atoms with van der Waals surface area (Å²) in [7, 11) is 0. The van der Waals surface area contributed by atoms with E-state index >= 15 is 0 Å². The minimum atomic E-state index is -0.589. The second-order valence-corrected chi connectivity index (χ2v) is 6.00. The van der Waals surface area contributed by atoms with Gasteiger partial charge in [0.1, 0.15) is 5.82 Å². The Hall–Kier alpha value is -2.44. The number of halogens is 1. The molecule has 0 bridgehead atoms. The first-order valence-electron chi connectivity index (χ1n) is 7.94. The van der Waals surface area contributed by atoms with Crippen molar-refractivity contribution in [2.75, 3.05) is 26.2 Å². The molecule has 1 fully saturated rings. The summed E-state index contributed by atoms with van der Waals surface area (Å²) in [5.74, 6) is -1.78. The van der Waals surface area contributed by atoms with Gasteiger partial charge in [-0.1, -0.05) is 18.2 Å².